The fourth-order valence-electron chi connectivity index (χ4n) is 3.90. The van der Waals surface area contributed by atoms with Gasteiger partial charge in [-0.1, -0.05) is 78.2 Å². The van der Waals surface area contributed by atoms with E-state index in [4.69, 9.17) is 23.2 Å². The molecule has 7 nitrogen and oxygen atoms in total. The van der Waals surface area contributed by atoms with Crippen molar-refractivity contribution in [1.29, 1.82) is 0 Å². The van der Waals surface area contributed by atoms with Crippen molar-refractivity contribution in [2.45, 2.75) is 44.7 Å². The van der Waals surface area contributed by atoms with Crippen molar-refractivity contribution < 1.29 is 18.0 Å². The maximum absolute atomic E-state index is 13.9. The Labute approximate surface area is 234 Å². The third kappa shape index (κ3) is 7.28. The number of hydrogen-bond acceptors (Lipinski definition) is 4. The Kier molecular flexibility index (Phi) is 10.2. The molecule has 0 spiro atoms. The van der Waals surface area contributed by atoms with Gasteiger partial charge in [-0.05, 0) is 56.2 Å². The third-order valence-corrected chi connectivity index (χ3v) is 8.27. The van der Waals surface area contributed by atoms with E-state index in [-0.39, 0.29) is 33.1 Å². The van der Waals surface area contributed by atoms with Gasteiger partial charge < -0.3 is 10.2 Å². The maximum atomic E-state index is 13.9. The van der Waals surface area contributed by atoms with Gasteiger partial charge in [-0.15, -0.1) is 0 Å². The van der Waals surface area contributed by atoms with Crippen LogP contribution in [0.2, 0.25) is 10.0 Å². The molecule has 0 unspecified atom stereocenters. The zero-order valence-corrected chi connectivity index (χ0v) is 23.9. The molecular formula is C28H31Cl2N3O4S. The van der Waals surface area contributed by atoms with Crippen molar-refractivity contribution in [2.24, 2.45) is 0 Å². The van der Waals surface area contributed by atoms with Crippen LogP contribution in [0.25, 0.3) is 0 Å². The third-order valence-electron chi connectivity index (χ3n) is 5.94. The molecule has 0 aliphatic carbocycles. The Bertz CT molecular complexity index is 1380. The van der Waals surface area contributed by atoms with Gasteiger partial charge in [0.15, 0.2) is 0 Å². The zero-order chi connectivity index (χ0) is 27.9. The van der Waals surface area contributed by atoms with Crippen LogP contribution < -0.4 is 9.62 Å². The van der Waals surface area contributed by atoms with Crippen molar-refractivity contribution in [1.82, 2.24) is 10.2 Å². The first-order valence-corrected chi connectivity index (χ1v) is 14.4. The van der Waals surface area contributed by atoms with Gasteiger partial charge in [-0.3, -0.25) is 13.9 Å². The van der Waals surface area contributed by atoms with Crippen LogP contribution in [0.15, 0.2) is 77.7 Å². The van der Waals surface area contributed by atoms with Gasteiger partial charge in [0.25, 0.3) is 10.0 Å². The molecular weight excluding hydrogens is 545 g/mol. The van der Waals surface area contributed by atoms with Gasteiger partial charge in [0.05, 0.1) is 15.6 Å². The van der Waals surface area contributed by atoms with Gasteiger partial charge in [-0.2, -0.15) is 0 Å². The number of nitrogens with zero attached hydrogens (tertiary/aromatic N) is 2. The Balaban J connectivity index is 2.05. The molecule has 0 saturated heterocycles. The molecule has 0 saturated carbocycles. The van der Waals surface area contributed by atoms with Gasteiger partial charge in [-0.25, -0.2) is 8.42 Å². The van der Waals surface area contributed by atoms with Crippen LogP contribution in [0, 0.1) is 6.92 Å². The van der Waals surface area contributed by atoms with Gasteiger partial charge in [0.2, 0.25) is 11.8 Å². The summed E-state index contributed by atoms with van der Waals surface area (Å²) >= 11 is 12.6. The second-order valence-electron chi connectivity index (χ2n) is 8.90. The summed E-state index contributed by atoms with van der Waals surface area (Å²) in [6.45, 7) is 5.48. The molecule has 0 aromatic heterocycles. The van der Waals surface area contributed by atoms with Crippen molar-refractivity contribution in [3.05, 3.63) is 94.0 Å². The molecule has 0 fully saturated rings. The monoisotopic (exact) mass is 575 g/mol. The number of halogens is 2. The number of amides is 2. The fourth-order valence-corrected chi connectivity index (χ4v) is 5.78. The highest BCUT2D eigenvalue weighted by atomic mass is 35.5. The predicted molar refractivity (Wildman–Crippen MR) is 152 cm³/mol. The summed E-state index contributed by atoms with van der Waals surface area (Å²) in [5, 5.41) is 3.19. The Morgan fingerprint density at radius 2 is 1.68 bits per heavy atom. The standard InChI is InChI=1S/C28H31Cl2N3O4S/c1-4-15-31-28(35)21(3)32(18-22-10-8-9-20(2)16-22)27(34)19-33(26-17-23(29)13-14-25(26)30)38(36,37)24-11-6-5-7-12-24/h5-14,16-17,21H,4,15,18-19H2,1-3H3,(H,31,35)/t21-/m1/s1. The van der Waals surface area contributed by atoms with E-state index < -0.39 is 28.5 Å². The topological polar surface area (TPSA) is 86.8 Å². The van der Waals surface area contributed by atoms with Crippen LogP contribution in [0.3, 0.4) is 0 Å². The number of anilines is 1. The quantitative estimate of drug-likeness (QED) is 0.330. The maximum Gasteiger partial charge on any atom is 0.264 e. The van der Waals surface area contributed by atoms with E-state index in [1.54, 1.807) is 25.1 Å². The summed E-state index contributed by atoms with van der Waals surface area (Å²) in [5.41, 5.74) is 1.87. The van der Waals surface area contributed by atoms with Crippen molar-refractivity contribution in [3.8, 4) is 0 Å². The van der Waals surface area contributed by atoms with E-state index in [1.165, 1.54) is 35.2 Å². The van der Waals surface area contributed by atoms with E-state index in [9.17, 15) is 18.0 Å². The molecule has 202 valence electrons. The lowest BCUT2D eigenvalue weighted by atomic mass is 10.1. The number of nitrogens with one attached hydrogen (secondary N) is 1. The summed E-state index contributed by atoms with van der Waals surface area (Å²) in [7, 11) is -4.22. The number of aryl methyl sites for hydroxylation is 1. The van der Waals surface area contributed by atoms with Gasteiger partial charge >= 0.3 is 0 Å². The number of benzene rings is 3. The van der Waals surface area contributed by atoms with Gasteiger partial charge in [0, 0.05) is 18.1 Å². The molecule has 0 radical (unpaired) electrons. The number of hydrogen-bond donors (Lipinski definition) is 1. The first-order valence-electron chi connectivity index (χ1n) is 12.2. The summed E-state index contributed by atoms with van der Waals surface area (Å²) in [4.78, 5) is 28.1. The van der Waals surface area contributed by atoms with Gasteiger partial charge in [0.1, 0.15) is 12.6 Å². The average molecular weight is 577 g/mol. The van der Waals surface area contributed by atoms with Crippen molar-refractivity contribution in [2.75, 3.05) is 17.4 Å². The van der Waals surface area contributed by atoms with Crippen LogP contribution in [0.1, 0.15) is 31.4 Å². The molecule has 38 heavy (non-hydrogen) atoms. The second-order valence-corrected chi connectivity index (χ2v) is 11.6. The Morgan fingerprint density at radius 1 is 0.974 bits per heavy atom. The molecule has 0 heterocycles. The summed E-state index contributed by atoms with van der Waals surface area (Å²) in [6, 6.07) is 18.9. The van der Waals surface area contributed by atoms with Crippen molar-refractivity contribution in [3.63, 3.8) is 0 Å². The molecule has 3 aromatic rings. The molecule has 1 N–H and O–H groups in total. The van der Waals surface area contributed by atoms with Crippen LogP contribution in [0.4, 0.5) is 5.69 Å². The smallest absolute Gasteiger partial charge is 0.264 e. The molecule has 0 bridgehead atoms. The lowest BCUT2D eigenvalue weighted by Gasteiger charge is -2.32. The SMILES string of the molecule is CCCNC(=O)[C@@H](C)N(Cc1cccc(C)c1)C(=O)CN(c1cc(Cl)ccc1Cl)S(=O)(=O)c1ccccc1. The van der Waals surface area contributed by atoms with Crippen LogP contribution in [-0.4, -0.2) is 44.3 Å². The lowest BCUT2D eigenvalue weighted by Crippen LogP contribution is -2.51. The van der Waals surface area contributed by atoms with Crippen molar-refractivity contribution >= 4 is 50.7 Å². The van der Waals surface area contributed by atoms with Crippen LogP contribution in [0.5, 0.6) is 0 Å². The second kappa shape index (κ2) is 13.1. The predicted octanol–water partition coefficient (Wildman–Crippen LogP) is 5.44. The minimum absolute atomic E-state index is 0.0113. The normalized spacial score (nSPS) is 12.0. The highest BCUT2D eigenvalue weighted by Crippen LogP contribution is 2.33. The molecule has 0 aliphatic heterocycles. The fraction of sp³-hybridized carbons (Fsp3) is 0.286. The lowest BCUT2D eigenvalue weighted by molar-refractivity contribution is -0.139. The number of rotatable bonds is 11. The van der Waals surface area contributed by atoms with E-state index in [0.29, 0.717) is 6.54 Å². The molecule has 3 aromatic carbocycles. The van der Waals surface area contributed by atoms with E-state index >= 15 is 0 Å². The summed E-state index contributed by atoms with van der Waals surface area (Å²) < 4.78 is 28.5. The minimum atomic E-state index is -4.22. The first-order chi connectivity index (χ1) is 18.0. The Hall–Kier alpha value is -3.07. The number of carbonyl (C=O) groups excluding carboxylic acids is 2. The largest absolute Gasteiger partial charge is 0.354 e. The van der Waals surface area contributed by atoms with E-state index in [0.717, 1.165) is 21.9 Å². The molecule has 1 atom stereocenters. The van der Waals surface area contributed by atoms with Crippen LogP contribution >= 0.6 is 23.2 Å². The highest BCUT2D eigenvalue weighted by Gasteiger charge is 2.33. The first kappa shape index (κ1) is 29.5. The number of sulfonamides is 1. The zero-order valence-electron chi connectivity index (χ0n) is 21.5. The molecule has 3 rings (SSSR count). The van der Waals surface area contributed by atoms with E-state index in [2.05, 4.69) is 5.32 Å². The summed E-state index contributed by atoms with van der Waals surface area (Å²) in [5.74, 6) is -0.896. The summed E-state index contributed by atoms with van der Waals surface area (Å²) in [6.07, 6.45) is 0.737. The van der Waals surface area contributed by atoms with E-state index in [1.807, 2.05) is 38.1 Å². The Morgan fingerprint density at radius 3 is 2.34 bits per heavy atom. The minimum Gasteiger partial charge on any atom is -0.354 e. The molecule has 0 aliphatic rings. The van der Waals surface area contributed by atoms with Crippen LogP contribution in [-0.2, 0) is 26.2 Å². The molecule has 2 amide bonds. The average Bonchev–Trinajstić information content (AvgIpc) is 2.90. The highest BCUT2D eigenvalue weighted by molar-refractivity contribution is 7.92. The number of carbonyl (C=O) groups is 2. The molecule has 10 heteroatoms.